The van der Waals surface area contributed by atoms with Crippen LogP contribution in [-0.4, -0.2) is 48.6 Å². The topological polar surface area (TPSA) is 115 Å². The molecule has 0 saturated carbocycles. The van der Waals surface area contributed by atoms with Gasteiger partial charge in [0, 0.05) is 18.0 Å². The summed E-state index contributed by atoms with van der Waals surface area (Å²) in [5.41, 5.74) is 1.37. The summed E-state index contributed by atoms with van der Waals surface area (Å²) in [6.07, 6.45) is 1.60. The lowest BCUT2D eigenvalue weighted by Gasteiger charge is -2.25. The molecule has 9 nitrogen and oxygen atoms in total. The van der Waals surface area contributed by atoms with Gasteiger partial charge in [-0.05, 0) is 42.8 Å². The van der Waals surface area contributed by atoms with E-state index >= 15 is 0 Å². The van der Waals surface area contributed by atoms with Gasteiger partial charge >= 0.3 is 5.97 Å². The monoisotopic (exact) mass is 536 g/mol. The second-order valence-corrected chi connectivity index (χ2v) is 8.67. The quantitative estimate of drug-likeness (QED) is 0.194. The van der Waals surface area contributed by atoms with Crippen LogP contribution < -0.4 is 14.4 Å². The van der Waals surface area contributed by atoms with E-state index in [9.17, 15) is 19.5 Å². The van der Waals surface area contributed by atoms with E-state index in [0.29, 0.717) is 16.9 Å². The Morgan fingerprint density at radius 2 is 1.76 bits per heavy atom. The second-order valence-electron chi connectivity index (χ2n) is 8.26. The third-order valence-electron chi connectivity index (χ3n) is 6.01. The SMILES string of the molecule is CCOC(=O)Cc1ccc(N2C(=O)C(=O)/C(=C(/O)c3cc(OC)c(Cl)cc3OC)C2c2ccccn2)cc1. The predicted octanol–water partition coefficient (Wildman–Crippen LogP) is 4.48. The third kappa shape index (κ3) is 5.05. The number of benzene rings is 2. The maximum Gasteiger partial charge on any atom is 0.310 e. The Morgan fingerprint density at radius 1 is 1.05 bits per heavy atom. The number of carbonyl (C=O) groups is 3. The number of aliphatic hydroxyl groups is 1. The number of anilines is 1. The molecule has 4 rings (SSSR count). The molecule has 1 atom stereocenters. The number of ether oxygens (including phenoxy) is 3. The van der Waals surface area contributed by atoms with Crippen molar-refractivity contribution in [2.45, 2.75) is 19.4 Å². The van der Waals surface area contributed by atoms with Crippen LogP contribution in [0.25, 0.3) is 5.76 Å². The number of nitrogens with zero attached hydrogens (tertiary/aromatic N) is 2. The maximum absolute atomic E-state index is 13.4. The van der Waals surface area contributed by atoms with Crippen molar-refractivity contribution in [3.05, 3.63) is 88.2 Å². The number of halogens is 1. The standard InChI is InChI=1S/C28H25ClN2O7/c1-4-38-23(32)13-16-8-10-17(11-9-16)31-25(20-7-5-6-12-30-20)24(27(34)28(31)35)26(33)18-14-22(37-3)19(29)15-21(18)36-2/h5-12,14-15,25,33H,4,13H2,1-3H3/b26-24+. The largest absolute Gasteiger partial charge is 0.507 e. The summed E-state index contributed by atoms with van der Waals surface area (Å²) in [7, 11) is 2.80. The Bertz CT molecular complexity index is 1400. The molecule has 1 aliphatic heterocycles. The first-order chi connectivity index (χ1) is 18.3. The lowest BCUT2D eigenvalue weighted by atomic mass is 9.97. The summed E-state index contributed by atoms with van der Waals surface area (Å²) in [6.45, 7) is 2.00. The second kappa shape index (κ2) is 11.4. The number of aliphatic hydroxyl groups excluding tert-OH is 1. The summed E-state index contributed by atoms with van der Waals surface area (Å²) in [4.78, 5) is 44.3. The fraction of sp³-hybridized carbons (Fsp3) is 0.214. The zero-order chi connectivity index (χ0) is 27.4. The molecule has 1 amide bonds. The lowest BCUT2D eigenvalue weighted by Crippen LogP contribution is -2.29. The Kier molecular flexibility index (Phi) is 7.97. The highest BCUT2D eigenvalue weighted by atomic mass is 35.5. The van der Waals surface area contributed by atoms with E-state index in [1.54, 1.807) is 49.4 Å². The van der Waals surface area contributed by atoms with Crippen LogP contribution in [0.15, 0.2) is 66.4 Å². The van der Waals surface area contributed by atoms with Crippen molar-refractivity contribution >= 4 is 40.7 Å². The number of pyridine rings is 1. The number of aromatic nitrogens is 1. The van der Waals surface area contributed by atoms with Crippen molar-refractivity contribution in [1.82, 2.24) is 4.98 Å². The molecule has 2 heterocycles. The van der Waals surface area contributed by atoms with Crippen LogP contribution in [0.4, 0.5) is 5.69 Å². The zero-order valence-corrected chi connectivity index (χ0v) is 21.7. The van der Waals surface area contributed by atoms with Gasteiger partial charge in [0.1, 0.15) is 23.3 Å². The summed E-state index contributed by atoms with van der Waals surface area (Å²) in [5, 5.41) is 11.7. The molecule has 0 spiro atoms. The third-order valence-corrected chi connectivity index (χ3v) is 6.31. The summed E-state index contributed by atoms with van der Waals surface area (Å²) >= 11 is 6.22. The average molecular weight is 537 g/mol. The first kappa shape index (κ1) is 26.7. The van der Waals surface area contributed by atoms with Gasteiger partial charge in [0.15, 0.2) is 0 Å². The summed E-state index contributed by atoms with van der Waals surface area (Å²) in [6, 6.07) is 13.5. The number of amides is 1. The van der Waals surface area contributed by atoms with Crippen molar-refractivity contribution in [3.63, 3.8) is 0 Å². The Balaban J connectivity index is 1.86. The van der Waals surface area contributed by atoms with Crippen molar-refractivity contribution in [2.75, 3.05) is 25.7 Å². The van der Waals surface area contributed by atoms with Crippen LogP contribution in [-0.2, 0) is 25.5 Å². The van der Waals surface area contributed by atoms with Crippen molar-refractivity contribution in [2.24, 2.45) is 0 Å². The van der Waals surface area contributed by atoms with Gasteiger partial charge in [-0.15, -0.1) is 0 Å². The molecule has 1 fully saturated rings. The van der Waals surface area contributed by atoms with Gasteiger partial charge in [0.05, 0.1) is 49.1 Å². The minimum atomic E-state index is -1.04. The van der Waals surface area contributed by atoms with Crippen LogP contribution >= 0.6 is 11.6 Å². The molecule has 10 heteroatoms. The minimum Gasteiger partial charge on any atom is -0.507 e. The molecule has 1 N–H and O–H groups in total. The number of hydrogen-bond donors (Lipinski definition) is 1. The normalized spacial score (nSPS) is 16.4. The van der Waals surface area contributed by atoms with Crippen molar-refractivity contribution in [1.29, 1.82) is 0 Å². The molecule has 3 aromatic rings. The van der Waals surface area contributed by atoms with Crippen molar-refractivity contribution in [3.8, 4) is 11.5 Å². The molecule has 0 aliphatic carbocycles. The number of carbonyl (C=O) groups excluding carboxylic acids is 3. The van der Waals surface area contributed by atoms with Gasteiger partial charge in [-0.2, -0.15) is 0 Å². The number of esters is 1. The fourth-order valence-electron chi connectivity index (χ4n) is 4.26. The highest BCUT2D eigenvalue weighted by Crippen LogP contribution is 2.44. The van der Waals surface area contributed by atoms with Crippen LogP contribution in [0, 0.1) is 0 Å². The highest BCUT2D eigenvalue weighted by Gasteiger charge is 2.48. The molecule has 0 radical (unpaired) electrons. The van der Waals surface area contributed by atoms with Crippen LogP contribution in [0.1, 0.15) is 29.8 Å². The molecular weight excluding hydrogens is 512 g/mol. The van der Waals surface area contributed by atoms with Gasteiger partial charge in [0.25, 0.3) is 11.7 Å². The van der Waals surface area contributed by atoms with E-state index in [1.807, 2.05) is 0 Å². The van der Waals surface area contributed by atoms with E-state index in [4.69, 9.17) is 25.8 Å². The minimum absolute atomic E-state index is 0.0643. The van der Waals surface area contributed by atoms with E-state index in [0.717, 1.165) is 0 Å². The molecule has 0 bridgehead atoms. The van der Waals surface area contributed by atoms with Gasteiger partial charge < -0.3 is 19.3 Å². The maximum atomic E-state index is 13.4. The molecule has 1 saturated heterocycles. The summed E-state index contributed by atoms with van der Waals surface area (Å²) in [5.74, 6) is -2.16. The molecule has 2 aromatic carbocycles. The molecular formula is C28H25ClN2O7. The Morgan fingerprint density at radius 3 is 2.37 bits per heavy atom. The van der Waals surface area contributed by atoms with Gasteiger partial charge in [-0.25, -0.2) is 0 Å². The fourth-order valence-corrected chi connectivity index (χ4v) is 4.49. The van der Waals surface area contributed by atoms with Crippen LogP contribution in [0.5, 0.6) is 11.5 Å². The zero-order valence-electron chi connectivity index (χ0n) is 20.9. The number of methoxy groups -OCH3 is 2. The molecule has 1 aliphatic rings. The van der Waals surface area contributed by atoms with E-state index in [2.05, 4.69) is 4.98 Å². The molecule has 1 unspecified atom stereocenters. The number of ketones is 1. The smallest absolute Gasteiger partial charge is 0.310 e. The lowest BCUT2D eigenvalue weighted by molar-refractivity contribution is -0.142. The molecule has 1 aromatic heterocycles. The number of rotatable bonds is 8. The Labute approximate surface area is 224 Å². The summed E-state index contributed by atoms with van der Waals surface area (Å²) < 4.78 is 15.6. The van der Waals surface area contributed by atoms with Gasteiger partial charge in [-0.1, -0.05) is 29.8 Å². The van der Waals surface area contributed by atoms with Crippen molar-refractivity contribution < 1.29 is 33.7 Å². The average Bonchev–Trinajstić information content (AvgIpc) is 3.19. The van der Waals surface area contributed by atoms with E-state index in [-0.39, 0.29) is 46.7 Å². The van der Waals surface area contributed by atoms with E-state index < -0.39 is 23.5 Å². The number of hydrogen-bond acceptors (Lipinski definition) is 8. The Hall–Kier alpha value is -4.37. The highest BCUT2D eigenvalue weighted by molar-refractivity contribution is 6.51. The molecule has 38 heavy (non-hydrogen) atoms. The first-order valence-corrected chi connectivity index (χ1v) is 12.1. The first-order valence-electron chi connectivity index (χ1n) is 11.7. The predicted molar refractivity (Wildman–Crippen MR) is 140 cm³/mol. The van der Waals surface area contributed by atoms with Gasteiger partial charge in [0.2, 0.25) is 0 Å². The van der Waals surface area contributed by atoms with Crippen LogP contribution in [0.3, 0.4) is 0 Å². The number of Topliss-reactive ketones (excluding diaryl/α,β-unsaturated/α-hetero) is 1. The molecule has 196 valence electrons. The van der Waals surface area contributed by atoms with Crippen LogP contribution in [0.2, 0.25) is 5.02 Å². The van der Waals surface area contributed by atoms with Gasteiger partial charge in [-0.3, -0.25) is 24.3 Å². The van der Waals surface area contributed by atoms with E-state index in [1.165, 1.54) is 37.4 Å².